The highest BCUT2D eigenvalue weighted by molar-refractivity contribution is 6.30. The van der Waals surface area contributed by atoms with Crippen molar-refractivity contribution in [1.29, 1.82) is 0 Å². The third kappa shape index (κ3) is 3.58. The number of benzene rings is 3. The van der Waals surface area contributed by atoms with Crippen LogP contribution in [0.5, 0.6) is 23.0 Å². The van der Waals surface area contributed by atoms with Crippen molar-refractivity contribution in [3.05, 3.63) is 69.3 Å². The van der Waals surface area contributed by atoms with Gasteiger partial charge in [-0.1, -0.05) is 11.6 Å². The lowest BCUT2D eigenvalue weighted by atomic mass is 10.0. The second-order valence-electron chi connectivity index (χ2n) is 7.77. The zero-order valence-electron chi connectivity index (χ0n) is 17.6. The van der Waals surface area contributed by atoms with Gasteiger partial charge >= 0.3 is 5.97 Å². The lowest BCUT2D eigenvalue weighted by Gasteiger charge is -2.09. The summed E-state index contributed by atoms with van der Waals surface area (Å²) in [6.07, 6.45) is -0.509. The number of hydrogen-bond acceptors (Lipinski definition) is 8. The lowest BCUT2D eigenvalue weighted by Crippen LogP contribution is -2.04. The minimum absolute atomic E-state index is 0.0459. The third-order valence-corrected chi connectivity index (χ3v) is 5.80. The minimum atomic E-state index is -1.19. The summed E-state index contributed by atoms with van der Waals surface area (Å²) in [5, 5.41) is 50.3. The van der Waals surface area contributed by atoms with E-state index in [0.717, 1.165) is 18.2 Å². The number of phenolic OH excluding ortho intramolecular Hbond substituents is 3. The van der Waals surface area contributed by atoms with E-state index in [0.29, 0.717) is 10.6 Å². The Morgan fingerprint density at radius 3 is 2.14 bits per heavy atom. The number of carboxylic acids is 1. The smallest absolute Gasteiger partial charge is 0.307 e. The Morgan fingerprint density at radius 1 is 0.800 bits per heavy atom. The minimum Gasteiger partial charge on any atom is -0.507 e. The van der Waals surface area contributed by atoms with Crippen molar-refractivity contribution in [2.75, 3.05) is 0 Å². The number of fused-ring (bicyclic) bond motifs is 3. The van der Waals surface area contributed by atoms with Crippen molar-refractivity contribution in [2.45, 2.75) is 6.42 Å². The summed E-state index contributed by atoms with van der Waals surface area (Å²) < 4.78 is 11.8. The van der Waals surface area contributed by atoms with Crippen LogP contribution in [0.3, 0.4) is 0 Å². The summed E-state index contributed by atoms with van der Waals surface area (Å²) >= 11 is 5.96. The van der Waals surface area contributed by atoms with Crippen molar-refractivity contribution in [2.24, 2.45) is 0 Å². The highest BCUT2D eigenvalue weighted by atomic mass is 35.5. The van der Waals surface area contributed by atoms with Crippen LogP contribution >= 0.6 is 11.6 Å². The summed E-state index contributed by atoms with van der Waals surface area (Å²) in [6.45, 7) is 0. The third-order valence-electron chi connectivity index (χ3n) is 5.55. The molecule has 0 atom stereocenters. The van der Waals surface area contributed by atoms with E-state index in [1.54, 1.807) is 24.3 Å². The molecule has 0 spiro atoms. The molecule has 176 valence electrons. The number of hydrogen-bond donors (Lipinski definition) is 5. The van der Waals surface area contributed by atoms with E-state index < -0.39 is 40.8 Å². The van der Waals surface area contributed by atoms with Gasteiger partial charge in [-0.2, -0.15) is 0 Å². The van der Waals surface area contributed by atoms with Crippen LogP contribution in [0.1, 0.15) is 5.56 Å². The normalized spacial score (nSPS) is 11.3. The van der Waals surface area contributed by atoms with Gasteiger partial charge in [0.25, 0.3) is 0 Å². The summed E-state index contributed by atoms with van der Waals surface area (Å²) in [5.74, 6) is -3.72. The molecular weight excluding hydrogens is 480 g/mol. The molecular formula is C25H15ClO9. The van der Waals surface area contributed by atoms with Crippen LogP contribution in [0.4, 0.5) is 0 Å². The predicted octanol–water partition coefficient (Wildman–Crippen LogP) is 4.98. The summed E-state index contributed by atoms with van der Waals surface area (Å²) in [5.41, 5.74) is -0.430. The molecule has 0 radical (unpaired) electrons. The molecule has 0 saturated heterocycles. The van der Waals surface area contributed by atoms with Gasteiger partial charge in [-0.05, 0) is 42.5 Å². The van der Waals surface area contributed by atoms with E-state index in [1.165, 1.54) is 6.07 Å². The Kier molecular flexibility index (Phi) is 5.07. The quantitative estimate of drug-likeness (QED) is 0.217. The molecule has 0 unspecified atom stereocenters. The molecule has 3 aromatic carbocycles. The Bertz CT molecular complexity index is 1710. The molecule has 10 heteroatoms. The Balaban J connectivity index is 1.92. The van der Waals surface area contributed by atoms with Crippen molar-refractivity contribution in [3.8, 4) is 45.6 Å². The van der Waals surface area contributed by atoms with Gasteiger partial charge in [-0.25, -0.2) is 0 Å². The standard InChI is InChI=1S/C25H15ClO9/c26-12-4-1-10(2-5-12)23-13(8-18(30)31)19-17(34-23)9-16(29)20-21(32)22(33)24(35-25(19)20)11-3-6-14(27)15(28)7-11/h1-7,9,27-29,33H,8H2,(H,30,31). The van der Waals surface area contributed by atoms with E-state index in [1.807, 2.05) is 0 Å². The van der Waals surface area contributed by atoms with Gasteiger partial charge in [0.1, 0.15) is 22.5 Å². The van der Waals surface area contributed by atoms with Crippen LogP contribution in [0, 0.1) is 0 Å². The van der Waals surface area contributed by atoms with E-state index in [9.17, 15) is 35.1 Å². The molecule has 5 N–H and O–H groups in total. The van der Waals surface area contributed by atoms with E-state index in [4.69, 9.17) is 20.4 Å². The van der Waals surface area contributed by atoms with Crippen LogP contribution in [-0.2, 0) is 11.2 Å². The molecule has 0 aliphatic heterocycles. The molecule has 0 amide bonds. The summed E-state index contributed by atoms with van der Waals surface area (Å²) in [7, 11) is 0. The largest absolute Gasteiger partial charge is 0.507 e. The maximum absolute atomic E-state index is 13.0. The molecule has 0 aliphatic rings. The summed E-state index contributed by atoms with van der Waals surface area (Å²) in [6, 6.07) is 11.1. The van der Waals surface area contributed by atoms with Crippen LogP contribution < -0.4 is 5.43 Å². The maximum Gasteiger partial charge on any atom is 0.307 e. The van der Waals surface area contributed by atoms with Crippen LogP contribution in [0.15, 0.2) is 62.2 Å². The van der Waals surface area contributed by atoms with Gasteiger partial charge in [-0.3, -0.25) is 9.59 Å². The molecule has 0 bridgehead atoms. The maximum atomic E-state index is 13.0. The van der Waals surface area contributed by atoms with E-state index in [-0.39, 0.29) is 44.6 Å². The molecule has 5 aromatic rings. The number of rotatable bonds is 4. The van der Waals surface area contributed by atoms with Crippen LogP contribution in [-0.4, -0.2) is 31.5 Å². The number of carboxylic acid groups (broad SMARTS) is 1. The molecule has 0 aliphatic carbocycles. The van der Waals surface area contributed by atoms with E-state index >= 15 is 0 Å². The van der Waals surface area contributed by atoms with E-state index in [2.05, 4.69) is 0 Å². The lowest BCUT2D eigenvalue weighted by molar-refractivity contribution is -0.136. The Labute approximate surface area is 200 Å². The number of aliphatic carboxylic acids is 1. The van der Waals surface area contributed by atoms with Crippen molar-refractivity contribution >= 4 is 39.5 Å². The van der Waals surface area contributed by atoms with Crippen molar-refractivity contribution in [3.63, 3.8) is 0 Å². The molecule has 35 heavy (non-hydrogen) atoms. The van der Waals surface area contributed by atoms with Crippen molar-refractivity contribution in [1.82, 2.24) is 0 Å². The number of halogens is 1. The van der Waals surface area contributed by atoms with Crippen LogP contribution in [0.2, 0.25) is 5.02 Å². The fourth-order valence-corrected chi connectivity index (χ4v) is 4.11. The first-order valence-corrected chi connectivity index (χ1v) is 10.5. The first-order valence-electron chi connectivity index (χ1n) is 10.1. The zero-order chi connectivity index (χ0) is 25.0. The van der Waals surface area contributed by atoms with Gasteiger partial charge in [0, 0.05) is 27.8 Å². The predicted molar refractivity (Wildman–Crippen MR) is 126 cm³/mol. The molecule has 2 heterocycles. The first kappa shape index (κ1) is 22.2. The summed E-state index contributed by atoms with van der Waals surface area (Å²) in [4.78, 5) is 24.8. The highest BCUT2D eigenvalue weighted by Gasteiger charge is 2.27. The number of aromatic hydroxyl groups is 4. The SMILES string of the molecule is O=C(O)Cc1c(-c2ccc(Cl)cc2)oc2cc(O)c3c(=O)c(O)c(-c4ccc(O)c(O)c4)oc3c12. The van der Waals surface area contributed by atoms with Crippen LogP contribution in [0.25, 0.3) is 44.6 Å². The first-order chi connectivity index (χ1) is 16.7. The second kappa shape index (κ2) is 8.00. The van der Waals surface area contributed by atoms with Gasteiger partial charge < -0.3 is 34.4 Å². The molecule has 5 rings (SSSR count). The Hall–Kier alpha value is -4.63. The number of carbonyl (C=O) groups is 1. The topological polar surface area (TPSA) is 162 Å². The number of phenols is 3. The molecule has 0 fully saturated rings. The second-order valence-corrected chi connectivity index (χ2v) is 8.21. The molecule has 0 saturated carbocycles. The molecule has 9 nitrogen and oxygen atoms in total. The monoisotopic (exact) mass is 494 g/mol. The molecule has 2 aromatic heterocycles. The van der Waals surface area contributed by atoms with Gasteiger partial charge in [0.05, 0.1) is 11.8 Å². The number of furan rings is 1. The Morgan fingerprint density at radius 2 is 1.49 bits per heavy atom. The van der Waals surface area contributed by atoms with Gasteiger partial charge in [-0.15, -0.1) is 0 Å². The highest BCUT2D eigenvalue weighted by Crippen LogP contribution is 2.43. The van der Waals surface area contributed by atoms with Gasteiger partial charge in [0.15, 0.2) is 22.8 Å². The fraction of sp³-hybridized carbons (Fsp3) is 0.0400. The average Bonchev–Trinajstić information content (AvgIpc) is 3.15. The average molecular weight is 495 g/mol. The fourth-order valence-electron chi connectivity index (χ4n) is 3.98. The zero-order valence-corrected chi connectivity index (χ0v) is 18.3. The van der Waals surface area contributed by atoms with Crippen molar-refractivity contribution < 1.29 is 39.2 Å². The van der Waals surface area contributed by atoms with Gasteiger partial charge in [0.2, 0.25) is 11.2 Å².